The molecule has 6 spiro atoms. The van der Waals surface area contributed by atoms with Gasteiger partial charge in [0.2, 0.25) is 5.88 Å². The van der Waals surface area contributed by atoms with E-state index in [-0.39, 0.29) is 33.2 Å². The summed E-state index contributed by atoms with van der Waals surface area (Å²) in [5.74, 6) is 7.19. The fourth-order valence-electron chi connectivity index (χ4n) is 21.5. The van der Waals surface area contributed by atoms with E-state index in [0.29, 0.717) is 32.3 Å². The molecule has 131 heavy (non-hydrogen) atoms. The molecule has 12 aliphatic rings. The van der Waals surface area contributed by atoms with Crippen molar-refractivity contribution >= 4 is 41.2 Å². The van der Waals surface area contributed by atoms with Crippen LogP contribution in [0.5, 0.6) is 5.88 Å². The van der Waals surface area contributed by atoms with E-state index in [1.807, 2.05) is 105 Å². The van der Waals surface area contributed by atoms with Crippen LogP contribution in [0.1, 0.15) is 158 Å². The summed E-state index contributed by atoms with van der Waals surface area (Å²) in [6.45, 7) is 19.9. The Bertz CT molecular complexity index is 6480. The average molecular weight is 1750 g/mol. The summed E-state index contributed by atoms with van der Waals surface area (Å²) in [5.41, 5.74) is 30.8. The highest BCUT2D eigenvalue weighted by Gasteiger charge is 2.46. The van der Waals surface area contributed by atoms with Gasteiger partial charge >= 0.3 is 0 Å². The van der Waals surface area contributed by atoms with Gasteiger partial charge in [0.15, 0.2) is 35.4 Å². The monoisotopic (exact) mass is 1750 g/mol. The summed E-state index contributed by atoms with van der Waals surface area (Å²) in [5, 5.41) is 11.5. The summed E-state index contributed by atoms with van der Waals surface area (Å²) >= 11 is 0. The lowest BCUT2D eigenvalue weighted by atomic mass is 9.76. The third-order valence-corrected chi connectivity index (χ3v) is 27.9. The maximum atomic E-state index is 5.65. The van der Waals surface area contributed by atoms with Crippen molar-refractivity contribution in [2.45, 2.75) is 204 Å². The number of aryl methyl sites for hydroxylation is 6. The Morgan fingerprint density at radius 2 is 0.817 bits per heavy atom. The number of ether oxygens (including phenoxy) is 7. The highest BCUT2D eigenvalue weighted by atomic mass is 16.5. The second-order valence-electron chi connectivity index (χ2n) is 36.9. The van der Waals surface area contributed by atoms with Gasteiger partial charge in [0.05, 0.1) is 48.5 Å². The van der Waals surface area contributed by atoms with Gasteiger partial charge in [-0.3, -0.25) is 19.6 Å². The SMILES string of the molecule is CC1=NC2(CCc3c(cccc3-c3c(C)noc3C)C2)CO1.CC1=NC2(CCc3c(cccc3-c3ccnn3C)C2)CO1.CC1=NC2(CCc3c(cccc3-c3cncnc3)C2)CO1.CC1=NC2(CCc3cccc(-c4cnccn4)c3C2)CO1.CNc1ncncc1-c1ccc2c(c1)CC1(CC2)COC(C)=N1.COc1cncc(-c2cccc3c2CC2(CC3)COC(C)=N2)n1. The van der Waals surface area contributed by atoms with Crippen LogP contribution in [0, 0.1) is 13.8 Å². The quantitative estimate of drug-likeness (QED) is 0.148. The number of anilines is 1. The summed E-state index contributed by atoms with van der Waals surface area (Å²) in [6, 6.07) is 41.2. The molecule has 0 saturated carbocycles. The van der Waals surface area contributed by atoms with Crippen LogP contribution >= 0.6 is 0 Å². The van der Waals surface area contributed by atoms with E-state index in [1.54, 1.807) is 44.6 Å². The number of methoxy groups -OCH3 is 1. The van der Waals surface area contributed by atoms with E-state index in [4.69, 9.17) is 67.6 Å². The highest BCUT2D eigenvalue weighted by molar-refractivity contribution is 5.82. The second kappa shape index (κ2) is 36.4. The Kier molecular flexibility index (Phi) is 24.2. The van der Waals surface area contributed by atoms with Crippen LogP contribution in [0.15, 0.2) is 218 Å². The average Bonchev–Trinajstić information content (AvgIpc) is 1.70. The third-order valence-electron chi connectivity index (χ3n) is 27.9. The zero-order chi connectivity index (χ0) is 90.1. The first-order chi connectivity index (χ1) is 63.6. The molecule has 6 aromatic heterocycles. The van der Waals surface area contributed by atoms with Gasteiger partial charge < -0.3 is 43.0 Å². The highest BCUT2D eigenvalue weighted by Crippen LogP contribution is 2.47. The standard InChI is InChI=1S/C18H20N4O.C18H19N3O2.C18H20N2O2.C17H19N3O.2C17H17N3O/c1-12-22-18(10-23-12)6-5-13-3-4-14(7-15(13)8-18)16-9-20-11-21-17(16)19-2;1-12-21-18(11-23-12)7-6-13-4-3-5-14(15(13)8-18)16-9-19-10-17(20-16)22-2;1-11-17(12(2)22-20-11)16-6-4-5-14-9-18(8-7-15(14)16)10-21-13(3)19-18;1-12-19-17(11-21-12)8-6-14-13(10-17)4-3-5-15(14)16-7-9-18-20(16)2;1-12-20-17(10-21-12)6-5-16-13(7-17)3-2-4-15(16)14-8-18-11-19-9-14;1-12-20-17(11-21-12)6-5-13-3-2-4-14(15(13)9-17)16-10-18-7-8-19-16/h3-4,7,9,11H,5-6,8,10H2,1-2H3,(H,19,20,21);3-5,9-10H,6-8,11H2,1-2H3;4-6H,7-10H2,1-3H3;3-5,7,9H,6,8,10-11H2,1-2H3;2-4,8-9,11H,5-7,10H2,1H3;2-4,7-8,10H,5-6,9,11H2,1H3. The molecule has 0 radical (unpaired) electrons. The van der Waals surface area contributed by atoms with Gasteiger partial charge in [0.25, 0.3) is 0 Å². The predicted molar refractivity (Wildman–Crippen MR) is 509 cm³/mol. The summed E-state index contributed by atoms with van der Waals surface area (Å²) in [6.07, 6.45) is 37.5. The number of aromatic nitrogens is 11. The zero-order valence-corrected chi connectivity index (χ0v) is 76.7. The molecule has 0 bridgehead atoms. The molecule has 6 atom stereocenters. The van der Waals surface area contributed by atoms with Gasteiger partial charge in [-0.15, -0.1) is 0 Å². The molecule has 6 aliphatic carbocycles. The largest absolute Gasteiger partial charge is 0.480 e. The van der Waals surface area contributed by atoms with Gasteiger partial charge in [-0.1, -0.05) is 114 Å². The number of hydrogen-bond acceptors (Lipinski definition) is 25. The Morgan fingerprint density at radius 1 is 0.366 bits per heavy atom. The van der Waals surface area contributed by atoms with Crippen LogP contribution in [0.3, 0.4) is 0 Å². The molecule has 26 heteroatoms. The molecule has 6 aliphatic heterocycles. The topological polar surface area (TPSA) is 298 Å². The van der Waals surface area contributed by atoms with Crippen molar-refractivity contribution in [2.24, 2.45) is 37.0 Å². The Hall–Kier alpha value is -13.5. The first kappa shape index (κ1) is 86.8. The number of rotatable bonds is 8. The van der Waals surface area contributed by atoms with Crippen LogP contribution in [0.4, 0.5) is 5.82 Å². The van der Waals surface area contributed by atoms with Crippen molar-refractivity contribution < 1.29 is 37.7 Å². The number of hydrogen-bond donors (Lipinski definition) is 1. The first-order valence-electron chi connectivity index (χ1n) is 45.7. The fraction of sp³-hybridized carbons (Fsp3) is 0.390. The lowest BCUT2D eigenvalue weighted by Crippen LogP contribution is -2.35. The van der Waals surface area contributed by atoms with Gasteiger partial charge in [-0.2, -0.15) is 5.10 Å². The molecule has 26 nitrogen and oxygen atoms in total. The van der Waals surface area contributed by atoms with Crippen molar-refractivity contribution in [3.8, 4) is 73.0 Å². The minimum atomic E-state index is -0.112. The normalized spacial score (nSPS) is 23.2. The van der Waals surface area contributed by atoms with Gasteiger partial charge in [-0.05, 0) is 180 Å². The van der Waals surface area contributed by atoms with Gasteiger partial charge in [0.1, 0.15) is 97.1 Å². The molecular weight excluding hydrogens is 1640 g/mol. The van der Waals surface area contributed by atoms with E-state index >= 15 is 0 Å². The third kappa shape index (κ3) is 18.2. The summed E-state index contributed by atoms with van der Waals surface area (Å²) in [7, 11) is 5.49. The molecule has 0 saturated heterocycles. The van der Waals surface area contributed by atoms with Crippen LogP contribution in [-0.4, -0.2) is 177 Å². The van der Waals surface area contributed by atoms with E-state index < -0.39 is 0 Å². The fourth-order valence-corrected chi connectivity index (χ4v) is 21.5. The second-order valence-corrected chi connectivity index (χ2v) is 36.9. The van der Waals surface area contributed by atoms with E-state index in [9.17, 15) is 0 Å². The van der Waals surface area contributed by atoms with Crippen LogP contribution in [0.2, 0.25) is 0 Å². The maximum Gasteiger partial charge on any atom is 0.232 e. The molecule has 6 unspecified atom stereocenters. The number of benzene rings is 6. The van der Waals surface area contributed by atoms with Crippen LogP contribution in [-0.2, 0) is 113 Å². The first-order valence-corrected chi connectivity index (χ1v) is 45.7. The number of aliphatic imine (C=N–C) groups is 6. The Labute approximate surface area is 764 Å². The molecule has 12 heterocycles. The molecule has 6 aromatic carbocycles. The molecule has 0 amide bonds. The summed E-state index contributed by atoms with van der Waals surface area (Å²) in [4.78, 5) is 62.8. The van der Waals surface area contributed by atoms with E-state index in [0.717, 1.165) is 221 Å². The molecule has 0 fully saturated rings. The summed E-state index contributed by atoms with van der Waals surface area (Å²) < 4.78 is 46.3. The molecule has 670 valence electrons. The van der Waals surface area contributed by atoms with Crippen molar-refractivity contribution in [2.75, 3.05) is 59.1 Å². The number of fused-ring (bicyclic) bond motifs is 6. The van der Waals surface area contributed by atoms with Crippen molar-refractivity contribution in [1.29, 1.82) is 0 Å². The Morgan fingerprint density at radius 3 is 1.29 bits per heavy atom. The van der Waals surface area contributed by atoms with E-state index in [1.165, 1.54) is 94.7 Å². The van der Waals surface area contributed by atoms with Crippen LogP contribution < -0.4 is 10.1 Å². The minimum absolute atomic E-state index is 0.0256. The molecule has 1 N–H and O–H groups in total. The van der Waals surface area contributed by atoms with E-state index in [2.05, 4.69) is 171 Å². The predicted octanol–water partition coefficient (Wildman–Crippen LogP) is 17.7. The van der Waals surface area contributed by atoms with Crippen LogP contribution in [0.25, 0.3) is 67.2 Å². The zero-order valence-electron chi connectivity index (χ0n) is 76.7. The smallest absolute Gasteiger partial charge is 0.232 e. The lowest BCUT2D eigenvalue weighted by molar-refractivity contribution is 0.236. The maximum absolute atomic E-state index is 5.65. The molecule has 12 aromatic rings. The van der Waals surface area contributed by atoms with Crippen molar-refractivity contribution in [3.05, 3.63) is 262 Å². The lowest BCUT2D eigenvalue weighted by Gasteiger charge is -2.31. The van der Waals surface area contributed by atoms with Gasteiger partial charge in [-0.25, -0.2) is 54.9 Å². The number of nitrogens with one attached hydrogen (secondary N) is 1. The Balaban J connectivity index is 0.000000102. The number of nitrogens with zero attached hydrogens (tertiary/aromatic N) is 17. The van der Waals surface area contributed by atoms with Crippen molar-refractivity contribution in [3.63, 3.8) is 0 Å². The van der Waals surface area contributed by atoms with Crippen molar-refractivity contribution in [1.82, 2.24) is 54.8 Å². The molecular formula is C105H112N18O8. The van der Waals surface area contributed by atoms with Gasteiger partial charge in [0, 0.05) is 165 Å². The minimum Gasteiger partial charge on any atom is -0.480 e. The molecule has 24 rings (SSSR count).